The predicted molar refractivity (Wildman–Crippen MR) is 90.2 cm³/mol. The molecule has 3 rings (SSSR count). The van der Waals surface area contributed by atoms with Crippen LogP contribution in [-0.4, -0.2) is 50.4 Å². The van der Waals surface area contributed by atoms with E-state index in [-0.39, 0.29) is 24.1 Å². The van der Waals surface area contributed by atoms with E-state index < -0.39 is 0 Å². The molecule has 0 aliphatic carbocycles. The van der Waals surface area contributed by atoms with Gasteiger partial charge in [0.05, 0.1) is 19.3 Å². The predicted octanol–water partition coefficient (Wildman–Crippen LogP) is 1.74. The van der Waals surface area contributed by atoms with Gasteiger partial charge >= 0.3 is 6.03 Å². The molecule has 24 heavy (non-hydrogen) atoms. The quantitative estimate of drug-likeness (QED) is 0.860. The molecule has 0 bridgehead atoms. The van der Waals surface area contributed by atoms with E-state index in [1.54, 1.807) is 17.0 Å². The lowest BCUT2D eigenvalue weighted by Crippen LogP contribution is -2.45. The topological polar surface area (TPSA) is 79.9 Å². The lowest BCUT2D eigenvalue weighted by molar-refractivity contribution is -0.117. The van der Waals surface area contributed by atoms with Crippen molar-refractivity contribution in [3.05, 3.63) is 24.3 Å². The first-order valence-corrected chi connectivity index (χ1v) is 8.34. The van der Waals surface area contributed by atoms with Crippen LogP contribution in [0.1, 0.15) is 19.8 Å². The number of benzene rings is 1. The Balaban J connectivity index is 1.54. The van der Waals surface area contributed by atoms with Crippen molar-refractivity contribution < 1.29 is 19.1 Å². The minimum absolute atomic E-state index is 0.107. The van der Waals surface area contributed by atoms with Gasteiger partial charge in [-0.05, 0) is 37.6 Å². The molecule has 2 atom stereocenters. The van der Waals surface area contributed by atoms with Gasteiger partial charge in [-0.1, -0.05) is 0 Å². The molecule has 2 aliphatic rings. The van der Waals surface area contributed by atoms with Crippen LogP contribution in [0, 0.1) is 0 Å². The van der Waals surface area contributed by atoms with Gasteiger partial charge in [0.2, 0.25) is 5.91 Å². The fourth-order valence-corrected chi connectivity index (χ4v) is 3.03. The van der Waals surface area contributed by atoms with Crippen molar-refractivity contribution in [2.24, 2.45) is 0 Å². The lowest BCUT2D eigenvalue weighted by Gasteiger charge is -2.19. The molecule has 2 N–H and O–H groups in total. The van der Waals surface area contributed by atoms with E-state index in [0.717, 1.165) is 18.7 Å². The molecule has 2 aliphatic heterocycles. The Labute approximate surface area is 141 Å². The van der Waals surface area contributed by atoms with Crippen LogP contribution >= 0.6 is 0 Å². The fourth-order valence-electron chi connectivity index (χ4n) is 3.03. The number of carbonyl (C=O) groups is 2. The lowest BCUT2D eigenvalue weighted by atomic mass is 10.2. The maximum atomic E-state index is 12.1. The molecule has 0 unspecified atom stereocenters. The normalized spacial score (nSPS) is 23.5. The Morgan fingerprint density at radius 1 is 1.33 bits per heavy atom. The highest BCUT2D eigenvalue weighted by molar-refractivity contribution is 5.96. The van der Waals surface area contributed by atoms with Gasteiger partial charge in [-0.2, -0.15) is 0 Å². The van der Waals surface area contributed by atoms with E-state index in [1.165, 1.54) is 0 Å². The number of ether oxygens (including phenoxy) is 2. The van der Waals surface area contributed by atoms with Crippen LogP contribution in [0.2, 0.25) is 0 Å². The largest absolute Gasteiger partial charge is 0.376 e. The second kappa shape index (κ2) is 7.63. The molecule has 2 heterocycles. The summed E-state index contributed by atoms with van der Waals surface area (Å²) in [7, 11) is 0. The highest BCUT2D eigenvalue weighted by atomic mass is 16.5. The Kier molecular flexibility index (Phi) is 5.32. The van der Waals surface area contributed by atoms with Crippen molar-refractivity contribution in [1.82, 2.24) is 5.32 Å². The molecule has 0 spiro atoms. The van der Waals surface area contributed by atoms with Crippen LogP contribution in [0.25, 0.3) is 0 Å². The zero-order chi connectivity index (χ0) is 16.9. The van der Waals surface area contributed by atoms with E-state index in [0.29, 0.717) is 31.9 Å². The summed E-state index contributed by atoms with van der Waals surface area (Å²) in [6, 6.07) is 6.85. The Morgan fingerprint density at radius 3 is 2.79 bits per heavy atom. The molecule has 7 nitrogen and oxygen atoms in total. The van der Waals surface area contributed by atoms with Crippen LogP contribution in [-0.2, 0) is 14.3 Å². The summed E-state index contributed by atoms with van der Waals surface area (Å²) in [5.41, 5.74) is 1.54. The molecule has 0 aromatic heterocycles. The molecule has 2 saturated heterocycles. The van der Waals surface area contributed by atoms with Crippen LogP contribution in [0.4, 0.5) is 16.2 Å². The SMILES string of the molecule is CCO[C@H]1COC[C@@H]1NC(=O)Nc1ccc(N2CCCC2=O)cc1. The number of nitrogens with one attached hydrogen (secondary N) is 2. The van der Waals surface area contributed by atoms with Crippen molar-refractivity contribution in [3.63, 3.8) is 0 Å². The molecule has 130 valence electrons. The molecular formula is C17H23N3O4. The Bertz CT molecular complexity index is 590. The van der Waals surface area contributed by atoms with Crippen molar-refractivity contribution >= 4 is 23.3 Å². The minimum Gasteiger partial charge on any atom is -0.376 e. The monoisotopic (exact) mass is 333 g/mol. The van der Waals surface area contributed by atoms with Crippen LogP contribution in [0.3, 0.4) is 0 Å². The summed E-state index contributed by atoms with van der Waals surface area (Å²) in [5.74, 6) is 0.150. The first-order chi connectivity index (χ1) is 11.7. The van der Waals surface area contributed by atoms with E-state index >= 15 is 0 Å². The molecule has 0 radical (unpaired) electrons. The first-order valence-electron chi connectivity index (χ1n) is 8.34. The number of nitrogens with zero attached hydrogens (tertiary/aromatic N) is 1. The number of hydrogen-bond donors (Lipinski definition) is 2. The number of urea groups is 1. The van der Waals surface area contributed by atoms with Crippen LogP contribution < -0.4 is 15.5 Å². The number of amides is 3. The van der Waals surface area contributed by atoms with Gasteiger partial charge in [-0.15, -0.1) is 0 Å². The second-order valence-corrected chi connectivity index (χ2v) is 5.93. The average Bonchev–Trinajstić information content (AvgIpc) is 3.18. The summed E-state index contributed by atoms with van der Waals surface area (Å²) < 4.78 is 10.9. The van der Waals surface area contributed by atoms with Gasteiger partial charge in [0.1, 0.15) is 6.10 Å². The van der Waals surface area contributed by atoms with Gasteiger partial charge in [-0.3, -0.25) is 4.79 Å². The van der Waals surface area contributed by atoms with E-state index in [9.17, 15) is 9.59 Å². The molecular weight excluding hydrogens is 310 g/mol. The summed E-state index contributed by atoms with van der Waals surface area (Å²) in [5, 5.41) is 5.67. The third-order valence-electron chi connectivity index (χ3n) is 4.24. The van der Waals surface area contributed by atoms with Crippen LogP contribution in [0.15, 0.2) is 24.3 Å². The maximum absolute atomic E-state index is 12.1. The standard InChI is InChI=1S/C17H23N3O4/c1-2-24-15-11-23-10-14(15)19-17(22)18-12-5-7-13(8-6-12)20-9-3-4-16(20)21/h5-8,14-15H,2-4,9-11H2,1H3,(H2,18,19,22)/t14-,15-/m0/s1. The fraction of sp³-hybridized carbons (Fsp3) is 0.529. The smallest absolute Gasteiger partial charge is 0.319 e. The molecule has 1 aromatic rings. The number of anilines is 2. The van der Waals surface area contributed by atoms with Crippen molar-refractivity contribution in [3.8, 4) is 0 Å². The third kappa shape index (κ3) is 3.85. The number of rotatable bonds is 5. The minimum atomic E-state index is -0.291. The highest BCUT2D eigenvalue weighted by Gasteiger charge is 2.30. The average molecular weight is 333 g/mol. The van der Waals surface area contributed by atoms with E-state index in [1.807, 2.05) is 19.1 Å². The molecule has 1 aromatic carbocycles. The van der Waals surface area contributed by atoms with Crippen molar-refractivity contribution in [2.75, 3.05) is 36.6 Å². The van der Waals surface area contributed by atoms with Gasteiger partial charge < -0.3 is 25.0 Å². The summed E-state index contributed by atoms with van der Waals surface area (Å²) in [6.07, 6.45) is 1.39. The Hall–Kier alpha value is -2.12. The van der Waals surface area contributed by atoms with Crippen molar-refractivity contribution in [2.45, 2.75) is 31.9 Å². The zero-order valence-corrected chi connectivity index (χ0v) is 13.8. The molecule has 7 heteroatoms. The highest BCUT2D eigenvalue weighted by Crippen LogP contribution is 2.23. The van der Waals surface area contributed by atoms with Gasteiger partial charge in [0, 0.05) is 30.9 Å². The summed E-state index contributed by atoms with van der Waals surface area (Å²) >= 11 is 0. The Morgan fingerprint density at radius 2 is 2.12 bits per heavy atom. The number of hydrogen-bond acceptors (Lipinski definition) is 4. The zero-order valence-electron chi connectivity index (χ0n) is 13.8. The maximum Gasteiger partial charge on any atom is 0.319 e. The summed E-state index contributed by atoms with van der Waals surface area (Å²) in [4.78, 5) is 25.6. The van der Waals surface area contributed by atoms with Gasteiger partial charge in [0.25, 0.3) is 0 Å². The molecule has 2 fully saturated rings. The van der Waals surface area contributed by atoms with Crippen LogP contribution in [0.5, 0.6) is 0 Å². The second-order valence-electron chi connectivity index (χ2n) is 5.93. The van der Waals surface area contributed by atoms with Crippen molar-refractivity contribution in [1.29, 1.82) is 0 Å². The first kappa shape index (κ1) is 16.7. The van der Waals surface area contributed by atoms with E-state index in [2.05, 4.69) is 10.6 Å². The summed E-state index contributed by atoms with van der Waals surface area (Å²) in [6.45, 7) is 4.21. The van der Waals surface area contributed by atoms with Gasteiger partial charge in [-0.25, -0.2) is 4.79 Å². The number of carbonyl (C=O) groups excluding carboxylic acids is 2. The third-order valence-corrected chi connectivity index (χ3v) is 4.24. The van der Waals surface area contributed by atoms with Gasteiger partial charge in [0.15, 0.2) is 0 Å². The molecule has 0 saturated carbocycles. The molecule has 3 amide bonds. The van der Waals surface area contributed by atoms with E-state index in [4.69, 9.17) is 9.47 Å².